The molecule has 0 spiro atoms. The third-order valence-corrected chi connectivity index (χ3v) is 5.82. The predicted molar refractivity (Wildman–Crippen MR) is 115 cm³/mol. The zero-order valence-electron chi connectivity index (χ0n) is 16.8. The molecular formula is C21H29BrN4O2. The largest absolute Gasteiger partial charge is 0.444 e. The van der Waals surface area contributed by atoms with Crippen LogP contribution >= 0.6 is 15.9 Å². The minimum atomic E-state index is 0.0330. The maximum Gasteiger partial charge on any atom is 0.216 e. The Balaban J connectivity index is 1.73. The number of halogens is 1. The molecule has 152 valence electrons. The van der Waals surface area contributed by atoms with Crippen molar-refractivity contribution in [2.45, 2.75) is 45.6 Å². The Labute approximate surface area is 175 Å². The minimum absolute atomic E-state index is 0.0330. The topological polar surface area (TPSA) is 71.7 Å². The summed E-state index contributed by atoms with van der Waals surface area (Å²) in [4.78, 5) is 9.07. The van der Waals surface area contributed by atoms with Crippen LogP contribution in [-0.2, 0) is 16.7 Å². The Morgan fingerprint density at radius 1 is 1.18 bits per heavy atom. The number of rotatable bonds is 6. The lowest BCUT2D eigenvalue weighted by atomic mass is 9.74. The Kier molecular flexibility index (Phi) is 7.13. The summed E-state index contributed by atoms with van der Waals surface area (Å²) in [6.07, 6.45) is 1.97. The standard InChI is InChI=1S/C21H29BrN4O2/c1-4-23-20(24-13-19-26-15(2)16(3)28-19)25-14-21(9-11-27-12-10-21)17-5-7-18(22)8-6-17/h5-8H,4,9-14H2,1-3H3,(H2,23,24,25). The van der Waals surface area contributed by atoms with E-state index in [9.17, 15) is 0 Å². The van der Waals surface area contributed by atoms with Crippen LogP contribution in [0.5, 0.6) is 0 Å². The van der Waals surface area contributed by atoms with E-state index in [1.807, 2.05) is 13.8 Å². The molecule has 0 radical (unpaired) electrons. The van der Waals surface area contributed by atoms with E-state index >= 15 is 0 Å². The van der Waals surface area contributed by atoms with Gasteiger partial charge in [0.15, 0.2) is 5.96 Å². The molecule has 1 aliphatic heterocycles. The number of guanidine groups is 1. The van der Waals surface area contributed by atoms with Crippen LogP contribution in [0.15, 0.2) is 38.1 Å². The van der Waals surface area contributed by atoms with Gasteiger partial charge in [0.05, 0.1) is 5.69 Å². The van der Waals surface area contributed by atoms with E-state index in [4.69, 9.17) is 9.15 Å². The number of ether oxygens (including phenoxy) is 1. The molecule has 0 aliphatic carbocycles. The van der Waals surface area contributed by atoms with E-state index in [0.29, 0.717) is 12.4 Å². The van der Waals surface area contributed by atoms with Crippen molar-refractivity contribution in [1.82, 2.24) is 15.6 Å². The summed E-state index contributed by atoms with van der Waals surface area (Å²) >= 11 is 3.54. The first-order valence-electron chi connectivity index (χ1n) is 9.81. The van der Waals surface area contributed by atoms with E-state index in [-0.39, 0.29) is 5.41 Å². The van der Waals surface area contributed by atoms with Crippen LogP contribution in [0.1, 0.15) is 42.7 Å². The fourth-order valence-corrected chi connectivity index (χ4v) is 3.75. The molecule has 0 unspecified atom stereocenters. The average Bonchev–Trinajstić information content (AvgIpc) is 3.03. The lowest BCUT2D eigenvalue weighted by Gasteiger charge is -2.38. The van der Waals surface area contributed by atoms with Gasteiger partial charge < -0.3 is 19.8 Å². The Hall–Kier alpha value is -1.86. The van der Waals surface area contributed by atoms with Crippen LogP contribution in [0, 0.1) is 13.8 Å². The van der Waals surface area contributed by atoms with Crippen molar-refractivity contribution in [1.29, 1.82) is 0 Å². The van der Waals surface area contributed by atoms with Crippen LogP contribution in [0.3, 0.4) is 0 Å². The molecule has 1 aromatic carbocycles. The molecule has 7 heteroatoms. The molecule has 1 saturated heterocycles. The number of aliphatic imine (C=N–C) groups is 1. The highest BCUT2D eigenvalue weighted by atomic mass is 79.9. The van der Waals surface area contributed by atoms with Gasteiger partial charge in [-0.15, -0.1) is 0 Å². The molecule has 1 aliphatic rings. The number of aryl methyl sites for hydroxylation is 2. The predicted octanol–water partition coefficient (Wildman–Crippen LogP) is 3.86. The zero-order valence-corrected chi connectivity index (χ0v) is 18.4. The molecule has 1 aromatic heterocycles. The molecular weight excluding hydrogens is 420 g/mol. The van der Waals surface area contributed by atoms with Crippen molar-refractivity contribution < 1.29 is 9.15 Å². The second kappa shape index (κ2) is 9.56. The van der Waals surface area contributed by atoms with Crippen LogP contribution < -0.4 is 10.6 Å². The average molecular weight is 449 g/mol. The highest BCUT2D eigenvalue weighted by Crippen LogP contribution is 2.34. The maximum absolute atomic E-state index is 5.64. The molecule has 0 amide bonds. The minimum Gasteiger partial charge on any atom is -0.444 e. The van der Waals surface area contributed by atoms with Crippen molar-refractivity contribution in [3.05, 3.63) is 51.6 Å². The quantitative estimate of drug-likeness (QED) is 0.518. The molecule has 28 heavy (non-hydrogen) atoms. The summed E-state index contributed by atoms with van der Waals surface area (Å²) in [5.74, 6) is 2.26. The molecule has 0 bridgehead atoms. The zero-order chi connectivity index (χ0) is 20.0. The number of benzene rings is 1. The highest BCUT2D eigenvalue weighted by molar-refractivity contribution is 9.10. The maximum atomic E-state index is 5.64. The second-order valence-electron chi connectivity index (χ2n) is 7.20. The second-order valence-corrected chi connectivity index (χ2v) is 8.11. The van der Waals surface area contributed by atoms with Gasteiger partial charge in [0.1, 0.15) is 12.3 Å². The van der Waals surface area contributed by atoms with Crippen LogP contribution in [0.2, 0.25) is 0 Å². The van der Waals surface area contributed by atoms with E-state index in [2.05, 4.69) is 67.7 Å². The van der Waals surface area contributed by atoms with E-state index in [1.165, 1.54) is 5.56 Å². The van der Waals surface area contributed by atoms with E-state index in [0.717, 1.165) is 61.0 Å². The van der Waals surface area contributed by atoms with E-state index < -0.39 is 0 Å². The normalized spacial score (nSPS) is 16.8. The summed E-state index contributed by atoms with van der Waals surface area (Å²) in [6.45, 7) is 9.50. The van der Waals surface area contributed by atoms with Crippen molar-refractivity contribution in [3.8, 4) is 0 Å². The van der Waals surface area contributed by atoms with Gasteiger partial charge in [0, 0.05) is 36.2 Å². The van der Waals surface area contributed by atoms with Gasteiger partial charge in [-0.3, -0.25) is 0 Å². The molecule has 6 nitrogen and oxygen atoms in total. The first-order valence-corrected chi connectivity index (χ1v) is 10.6. The van der Waals surface area contributed by atoms with Crippen LogP contribution in [-0.4, -0.2) is 37.2 Å². The summed E-state index contributed by atoms with van der Waals surface area (Å²) in [6, 6.07) is 8.64. The lowest BCUT2D eigenvalue weighted by molar-refractivity contribution is 0.0514. The lowest BCUT2D eigenvalue weighted by Crippen LogP contribution is -2.48. The summed E-state index contributed by atoms with van der Waals surface area (Å²) in [7, 11) is 0. The number of aromatic nitrogens is 1. The third-order valence-electron chi connectivity index (χ3n) is 5.29. The highest BCUT2D eigenvalue weighted by Gasteiger charge is 2.34. The first-order chi connectivity index (χ1) is 13.5. The first kappa shape index (κ1) is 20.9. The van der Waals surface area contributed by atoms with E-state index in [1.54, 1.807) is 0 Å². The van der Waals surface area contributed by atoms with Crippen molar-refractivity contribution >= 4 is 21.9 Å². The summed E-state index contributed by atoms with van der Waals surface area (Å²) in [5.41, 5.74) is 2.28. The fourth-order valence-electron chi connectivity index (χ4n) is 3.48. The van der Waals surface area contributed by atoms with Gasteiger partial charge in [-0.1, -0.05) is 28.1 Å². The van der Waals surface area contributed by atoms with Gasteiger partial charge >= 0.3 is 0 Å². The molecule has 2 N–H and O–H groups in total. The van der Waals surface area contributed by atoms with Gasteiger partial charge in [0.25, 0.3) is 0 Å². The Morgan fingerprint density at radius 2 is 1.89 bits per heavy atom. The molecule has 1 fully saturated rings. The molecule has 3 rings (SSSR count). The fraction of sp³-hybridized carbons (Fsp3) is 0.524. The number of nitrogens with zero attached hydrogens (tertiary/aromatic N) is 2. The van der Waals surface area contributed by atoms with Gasteiger partial charge in [-0.05, 0) is 51.3 Å². The monoisotopic (exact) mass is 448 g/mol. The number of oxazole rings is 1. The SMILES string of the molecule is CCNC(=NCc1nc(C)c(C)o1)NCC1(c2ccc(Br)cc2)CCOCC1. The van der Waals surface area contributed by atoms with Crippen molar-refractivity contribution in [2.24, 2.45) is 4.99 Å². The molecule has 2 heterocycles. The molecule has 2 aromatic rings. The Morgan fingerprint density at radius 3 is 2.50 bits per heavy atom. The van der Waals surface area contributed by atoms with Crippen molar-refractivity contribution in [2.75, 3.05) is 26.3 Å². The number of hydrogen-bond acceptors (Lipinski definition) is 4. The van der Waals surface area contributed by atoms with Crippen LogP contribution in [0.25, 0.3) is 0 Å². The summed E-state index contributed by atoms with van der Waals surface area (Å²) in [5, 5.41) is 6.86. The third kappa shape index (κ3) is 5.14. The molecule has 0 atom stereocenters. The van der Waals surface area contributed by atoms with Crippen molar-refractivity contribution in [3.63, 3.8) is 0 Å². The van der Waals surface area contributed by atoms with Gasteiger partial charge in [-0.25, -0.2) is 9.98 Å². The van der Waals surface area contributed by atoms with Gasteiger partial charge in [0.2, 0.25) is 5.89 Å². The number of hydrogen-bond donors (Lipinski definition) is 2. The van der Waals surface area contributed by atoms with Gasteiger partial charge in [-0.2, -0.15) is 0 Å². The summed E-state index contributed by atoms with van der Waals surface area (Å²) < 4.78 is 12.4. The smallest absolute Gasteiger partial charge is 0.216 e. The number of nitrogens with one attached hydrogen (secondary N) is 2. The van der Waals surface area contributed by atoms with Crippen LogP contribution in [0.4, 0.5) is 0 Å². The molecule has 0 saturated carbocycles. The Bertz CT molecular complexity index is 776.